The van der Waals surface area contributed by atoms with Gasteiger partial charge in [0.15, 0.2) is 0 Å². The van der Waals surface area contributed by atoms with Crippen LogP contribution in [0.5, 0.6) is 0 Å². The highest BCUT2D eigenvalue weighted by Crippen LogP contribution is 2.34. The molecule has 0 bridgehead atoms. The number of hydrogen-bond acceptors (Lipinski definition) is 3. The quantitative estimate of drug-likeness (QED) is 0.672. The lowest BCUT2D eigenvalue weighted by Gasteiger charge is -2.12. The maximum absolute atomic E-state index is 11.8. The monoisotopic (exact) mass is 275 g/mol. The van der Waals surface area contributed by atoms with E-state index in [0.717, 1.165) is 16.7 Å². The minimum atomic E-state index is -0.396. The van der Waals surface area contributed by atoms with Crippen molar-refractivity contribution in [2.75, 3.05) is 12.8 Å². The summed E-state index contributed by atoms with van der Waals surface area (Å²) in [6.45, 7) is 1.88. The number of hydrogen-bond donors (Lipinski definition) is 1. The van der Waals surface area contributed by atoms with Gasteiger partial charge in [0.05, 0.1) is 12.7 Å². The highest BCUT2D eigenvalue weighted by molar-refractivity contribution is 6.31. The molecule has 19 heavy (non-hydrogen) atoms. The Hall–Kier alpha value is -2.00. The third-order valence-corrected chi connectivity index (χ3v) is 3.19. The summed E-state index contributed by atoms with van der Waals surface area (Å²) in [5.41, 5.74) is 9.50. The van der Waals surface area contributed by atoms with Crippen LogP contribution in [0.2, 0.25) is 5.02 Å². The molecule has 2 aromatic carbocycles. The van der Waals surface area contributed by atoms with Gasteiger partial charge in [0.1, 0.15) is 0 Å². The van der Waals surface area contributed by atoms with Crippen molar-refractivity contribution in [2.24, 2.45) is 0 Å². The largest absolute Gasteiger partial charge is 0.465 e. The molecule has 2 N–H and O–H groups in total. The van der Waals surface area contributed by atoms with Gasteiger partial charge in [-0.05, 0) is 36.2 Å². The number of halogens is 1. The summed E-state index contributed by atoms with van der Waals surface area (Å²) in [5.74, 6) is -0.396. The molecule has 0 aromatic heterocycles. The number of esters is 1. The smallest absolute Gasteiger partial charge is 0.338 e. The van der Waals surface area contributed by atoms with Crippen molar-refractivity contribution in [3.8, 4) is 11.1 Å². The summed E-state index contributed by atoms with van der Waals surface area (Å²) in [6, 6.07) is 10.7. The maximum Gasteiger partial charge on any atom is 0.338 e. The van der Waals surface area contributed by atoms with Crippen molar-refractivity contribution in [3.63, 3.8) is 0 Å². The van der Waals surface area contributed by atoms with Gasteiger partial charge in [-0.2, -0.15) is 0 Å². The molecule has 4 heteroatoms. The molecule has 0 aliphatic carbocycles. The van der Waals surface area contributed by atoms with Crippen molar-refractivity contribution in [3.05, 3.63) is 52.5 Å². The lowest BCUT2D eigenvalue weighted by Crippen LogP contribution is -2.04. The summed E-state index contributed by atoms with van der Waals surface area (Å²) in [5, 5.41) is 0.585. The van der Waals surface area contributed by atoms with Gasteiger partial charge in [-0.25, -0.2) is 4.79 Å². The molecule has 0 fully saturated rings. The zero-order valence-electron chi connectivity index (χ0n) is 10.7. The minimum absolute atomic E-state index is 0.396. The van der Waals surface area contributed by atoms with Crippen LogP contribution in [0.15, 0.2) is 36.4 Å². The Morgan fingerprint density at radius 1 is 1.21 bits per heavy atom. The molecule has 0 aliphatic rings. The first-order valence-corrected chi connectivity index (χ1v) is 6.15. The average Bonchev–Trinajstić information content (AvgIpc) is 2.42. The van der Waals surface area contributed by atoms with Gasteiger partial charge < -0.3 is 10.5 Å². The number of carbonyl (C=O) groups excluding carboxylic acids is 1. The first-order valence-electron chi connectivity index (χ1n) is 5.78. The van der Waals surface area contributed by atoms with E-state index in [-0.39, 0.29) is 0 Å². The molecule has 2 aromatic rings. The standard InChI is InChI=1S/C15H14ClNO2/c1-9-7-10(16)8-13(14(9)17)11-5-3-4-6-12(11)15(18)19-2/h3-8H,17H2,1-2H3. The number of nitrogens with two attached hydrogens (primary N) is 1. The summed E-state index contributed by atoms with van der Waals surface area (Å²) in [6.07, 6.45) is 0. The van der Waals surface area contributed by atoms with Crippen LogP contribution >= 0.6 is 11.6 Å². The Labute approximate surface area is 117 Å². The first-order chi connectivity index (χ1) is 9.04. The lowest BCUT2D eigenvalue weighted by molar-refractivity contribution is 0.0601. The molecule has 0 saturated carbocycles. The average molecular weight is 276 g/mol. The van der Waals surface area contributed by atoms with Crippen LogP contribution in [0.4, 0.5) is 5.69 Å². The Morgan fingerprint density at radius 3 is 2.58 bits per heavy atom. The van der Waals surface area contributed by atoms with E-state index in [9.17, 15) is 4.79 Å². The second-order valence-corrected chi connectivity index (χ2v) is 4.66. The van der Waals surface area contributed by atoms with Crippen molar-refractivity contribution < 1.29 is 9.53 Å². The fraction of sp³-hybridized carbons (Fsp3) is 0.133. The summed E-state index contributed by atoms with van der Waals surface area (Å²) >= 11 is 6.07. The van der Waals surface area contributed by atoms with E-state index in [4.69, 9.17) is 22.1 Å². The van der Waals surface area contributed by atoms with E-state index < -0.39 is 5.97 Å². The van der Waals surface area contributed by atoms with Crippen LogP contribution in [-0.2, 0) is 4.74 Å². The fourth-order valence-corrected chi connectivity index (χ4v) is 2.26. The van der Waals surface area contributed by atoms with Gasteiger partial charge >= 0.3 is 5.97 Å². The molecule has 0 radical (unpaired) electrons. The Kier molecular flexibility index (Phi) is 3.76. The molecular formula is C15H14ClNO2. The highest BCUT2D eigenvalue weighted by Gasteiger charge is 2.15. The topological polar surface area (TPSA) is 52.3 Å². The molecule has 0 heterocycles. The van der Waals surface area contributed by atoms with Crippen LogP contribution in [0.1, 0.15) is 15.9 Å². The van der Waals surface area contributed by atoms with E-state index in [1.807, 2.05) is 19.1 Å². The van der Waals surface area contributed by atoms with Gasteiger partial charge in [0.25, 0.3) is 0 Å². The number of carbonyl (C=O) groups is 1. The van der Waals surface area contributed by atoms with E-state index in [1.165, 1.54) is 7.11 Å². The van der Waals surface area contributed by atoms with Gasteiger partial charge in [0, 0.05) is 16.3 Å². The predicted molar refractivity (Wildman–Crippen MR) is 77.4 cm³/mol. The van der Waals surface area contributed by atoms with Crippen LogP contribution in [0.25, 0.3) is 11.1 Å². The summed E-state index contributed by atoms with van der Waals surface area (Å²) in [4.78, 5) is 11.8. The number of ether oxygens (including phenoxy) is 1. The van der Waals surface area contributed by atoms with Crippen molar-refractivity contribution >= 4 is 23.3 Å². The van der Waals surface area contributed by atoms with Gasteiger partial charge in [-0.1, -0.05) is 29.8 Å². The van der Waals surface area contributed by atoms with Gasteiger partial charge in [-0.3, -0.25) is 0 Å². The molecule has 2 rings (SSSR count). The minimum Gasteiger partial charge on any atom is -0.465 e. The molecule has 0 aliphatic heterocycles. The number of nitrogen functional groups attached to an aromatic ring is 1. The zero-order chi connectivity index (χ0) is 14.0. The normalized spacial score (nSPS) is 10.3. The van der Waals surface area contributed by atoms with E-state index in [2.05, 4.69) is 0 Å². The van der Waals surface area contributed by atoms with Gasteiger partial charge in [0.2, 0.25) is 0 Å². The van der Waals surface area contributed by atoms with Crippen LogP contribution in [0, 0.1) is 6.92 Å². The third-order valence-electron chi connectivity index (χ3n) is 2.97. The number of rotatable bonds is 2. The van der Waals surface area contributed by atoms with Crippen LogP contribution in [0.3, 0.4) is 0 Å². The number of anilines is 1. The third kappa shape index (κ3) is 2.56. The Bertz CT molecular complexity index is 638. The first kappa shape index (κ1) is 13.4. The van der Waals surface area contributed by atoms with Crippen LogP contribution < -0.4 is 5.73 Å². The molecule has 0 saturated heterocycles. The van der Waals surface area contributed by atoms with E-state index in [0.29, 0.717) is 16.3 Å². The fourth-order valence-electron chi connectivity index (χ4n) is 1.98. The number of aryl methyl sites for hydroxylation is 1. The van der Waals surface area contributed by atoms with Gasteiger partial charge in [-0.15, -0.1) is 0 Å². The second kappa shape index (κ2) is 5.33. The highest BCUT2D eigenvalue weighted by atomic mass is 35.5. The van der Waals surface area contributed by atoms with Crippen LogP contribution in [-0.4, -0.2) is 13.1 Å². The Morgan fingerprint density at radius 2 is 1.89 bits per heavy atom. The molecule has 0 atom stereocenters. The lowest BCUT2D eigenvalue weighted by atomic mass is 9.96. The van der Waals surface area contributed by atoms with E-state index >= 15 is 0 Å². The summed E-state index contributed by atoms with van der Waals surface area (Å²) in [7, 11) is 1.35. The molecule has 0 spiro atoms. The second-order valence-electron chi connectivity index (χ2n) is 4.22. The Balaban J connectivity index is 2.69. The zero-order valence-corrected chi connectivity index (χ0v) is 11.5. The predicted octanol–water partition coefficient (Wildman–Crippen LogP) is 3.68. The number of benzene rings is 2. The number of methoxy groups -OCH3 is 1. The molecule has 98 valence electrons. The molecule has 0 amide bonds. The molecule has 0 unspecified atom stereocenters. The maximum atomic E-state index is 11.8. The summed E-state index contributed by atoms with van der Waals surface area (Å²) < 4.78 is 4.79. The van der Waals surface area contributed by atoms with E-state index in [1.54, 1.807) is 24.3 Å². The SMILES string of the molecule is COC(=O)c1ccccc1-c1cc(Cl)cc(C)c1N. The van der Waals surface area contributed by atoms with Crippen molar-refractivity contribution in [2.45, 2.75) is 6.92 Å². The molecular weight excluding hydrogens is 262 g/mol. The molecule has 3 nitrogen and oxygen atoms in total. The van der Waals surface area contributed by atoms with Crippen molar-refractivity contribution in [1.82, 2.24) is 0 Å². The van der Waals surface area contributed by atoms with Crippen molar-refractivity contribution in [1.29, 1.82) is 0 Å².